The number of hydrazine groups is 1. The third-order valence-corrected chi connectivity index (χ3v) is 3.89. The summed E-state index contributed by atoms with van der Waals surface area (Å²) in [5.74, 6) is 7.54. The van der Waals surface area contributed by atoms with Gasteiger partial charge in [-0.05, 0) is 24.3 Å². The first-order valence-corrected chi connectivity index (χ1v) is 7.36. The van der Waals surface area contributed by atoms with E-state index in [1.54, 1.807) is 18.9 Å². The summed E-state index contributed by atoms with van der Waals surface area (Å²) in [7, 11) is 1.65. The molecule has 0 fully saturated rings. The van der Waals surface area contributed by atoms with Crippen LogP contribution in [0.25, 0.3) is 11.0 Å². The Morgan fingerprint density at radius 2 is 2.19 bits per heavy atom. The molecule has 0 bridgehead atoms. The number of imidazole rings is 1. The van der Waals surface area contributed by atoms with Gasteiger partial charge in [-0.3, -0.25) is 0 Å². The molecule has 4 N–H and O–H groups in total. The van der Waals surface area contributed by atoms with Crippen LogP contribution in [0.4, 0.5) is 5.82 Å². The van der Waals surface area contributed by atoms with Gasteiger partial charge in [-0.25, -0.2) is 15.8 Å². The van der Waals surface area contributed by atoms with Gasteiger partial charge in [0.2, 0.25) is 0 Å². The standard InChI is InChI=1S/C14H15N5OS/c1-20-10-5-6-11-12(7-10)18-14(17-11)21-8-9-3-2-4-13(16-9)19-15/h2-7H,8,15H2,1H3,(H,16,19)(H,17,18). The quantitative estimate of drug-likeness (QED) is 0.381. The summed E-state index contributed by atoms with van der Waals surface area (Å²) in [6, 6.07) is 11.5. The normalized spacial score (nSPS) is 10.8. The van der Waals surface area contributed by atoms with Crippen molar-refractivity contribution in [1.29, 1.82) is 0 Å². The minimum Gasteiger partial charge on any atom is -0.497 e. The first-order valence-electron chi connectivity index (χ1n) is 6.37. The number of nitrogens with one attached hydrogen (secondary N) is 2. The molecule has 3 rings (SSSR count). The van der Waals surface area contributed by atoms with Crippen molar-refractivity contribution in [2.45, 2.75) is 10.9 Å². The number of hydrogen-bond donors (Lipinski definition) is 3. The van der Waals surface area contributed by atoms with Crippen molar-refractivity contribution in [2.75, 3.05) is 12.5 Å². The van der Waals surface area contributed by atoms with Crippen LogP contribution in [0.3, 0.4) is 0 Å². The largest absolute Gasteiger partial charge is 0.497 e. The summed E-state index contributed by atoms with van der Waals surface area (Å²) in [4.78, 5) is 12.2. The zero-order valence-electron chi connectivity index (χ0n) is 11.5. The number of hydrogen-bond acceptors (Lipinski definition) is 6. The van der Waals surface area contributed by atoms with Crippen LogP contribution >= 0.6 is 11.8 Å². The van der Waals surface area contributed by atoms with Crippen LogP contribution in [0.15, 0.2) is 41.6 Å². The second kappa shape index (κ2) is 6.02. The Bertz CT molecular complexity index is 758. The second-order valence-electron chi connectivity index (χ2n) is 4.37. The van der Waals surface area contributed by atoms with Crippen molar-refractivity contribution < 1.29 is 4.74 Å². The predicted octanol–water partition coefficient (Wildman–Crippen LogP) is 2.54. The lowest BCUT2D eigenvalue weighted by Crippen LogP contribution is -2.08. The summed E-state index contributed by atoms with van der Waals surface area (Å²) < 4.78 is 5.20. The molecule has 0 atom stereocenters. The molecule has 2 aromatic heterocycles. The SMILES string of the molecule is COc1ccc2nc(SCc3cccc(NN)n3)[nH]c2c1. The molecule has 108 valence electrons. The predicted molar refractivity (Wildman–Crippen MR) is 84.3 cm³/mol. The van der Waals surface area contributed by atoms with Gasteiger partial charge in [-0.2, -0.15) is 0 Å². The lowest BCUT2D eigenvalue weighted by molar-refractivity contribution is 0.415. The highest BCUT2D eigenvalue weighted by Gasteiger charge is 2.06. The lowest BCUT2D eigenvalue weighted by Gasteiger charge is -2.02. The molecular weight excluding hydrogens is 286 g/mol. The molecule has 0 spiro atoms. The summed E-state index contributed by atoms with van der Waals surface area (Å²) in [5.41, 5.74) is 5.36. The summed E-state index contributed by atoms with van der Waals surface area (Å²) >= 11 is 1.59. The number of nitrogens with zero attached hydrogens (tertiary/aromatic N) is 2. The summed E-state index contributed by atoms with van der Waals surface area (Å²) in [5, 5.41) is 0.853. The smallest absolute Gasteiger partial charge is 0.166 e. The van der Waals surface area contributed by atoms with E-state index in [9.17, 15) is 0 Å². The zero-order valence-corrected chi connectivity index (χ0v) is 12.3. The third kappa shape index (κ3) is 3.09. The summed E-state index contributed by atoms with van der Waals surface area (Å²) in [6.07, 6.45) is 0. The van der Waals surface area contributed by atoms with E-state index in [1.165, 1.54) is 0 Å². The Morgan fingerprint density at radius 1 is 1.29 bits per heavy atom. The number of H-pyrrole nitrogens is 1. The maximum atomic E-state index is 5.35. The number of pyridine rings is 1. The number of methoxy groups -OCH3 is 1. The highest BCUT2D eigenvalue weighted by Crippen LogP contribution is 2.25. The van der Waals surface area contributed by atoms with E-state index in [0.29, 0.717) is 11.6 Å². The number of fused-ring (bicyclic) bond motifs is 1. The molecule has 6 nitrogen and oxygen atoms in total. The number of ether oxygens (including phenoxy) is 1. The van der Waals surface area contributed by atoms with Crippen LogP contribution in [0.2, 0.25) is 0 Å². The molecule has 21 heavy (non-hydrogen) atoms. The number of aromatic nitrogens is 3. The molecule has 3 aromatic rings. The van der Waals surface area contributed by atoms with Crippen molar-refractivity contribution >= 4 is 28.6 Å². The maximum absolute atomic E-state index is 5.35. The number of thioether (sulfide) groups is 1. The highest BCUT2D eigenvalue weighted by atomic mass is 32.2. The third-order valence-electron chi connectivity index (χ3n) is 2.98. The number of aromatic amines is 1. The first kappa shape index (κ1) is 13.7. The molecule has 0 saturated heterocycles. The van der Waals surface area contributed by atoms with Crippen LogP contribution in [0, 0.1) is 0 Å². The second-order valence-corrected chi connectivity index (χ2v) is 5.34. The fourth-order valence-corrected chi connectivity index (χ4v) is 2.73. The molecule has 0 aliphatic carbocycles. The van der Waals surface area contributed by atoms with Crippen molar-refractivity contribution in [2.24, 2.45) is 5.84 Å². The minimum absolute atomic E-state index is 0.655. The molecule has 0 amide bonds. The Balaban J connectivity index is 1.75. The average molecular weight is 301 g/mol. The molecule has 0 unspecified atom stereocenters. The van der Waals surface area contributed by atoms with Gasteiger partial charge >= 0.3 is 0 Å². The Kier molecular flexibility index (Phi) is 3.94. The van der Waals surface area contributed by atoms with Crippen LogP contribution in [-0.4, -0.2) is 22.1 Å². The Labute approximate surface area is 126 Å². The molecule has 7 heteroatoms. The van der Waals surface area contributed by atoms with Crippen LogP contribution in [-0.2, 0) is 5.75 Å². The first-order chi connectivity index (χ1) is 10.3. The van der Waals surface area contributed by atoms with E-state index >= 15 is 0 Å². The van der Waals surface area contributed by atoms with Crippen LogP contribution < -0.4 is 16.0 Å². The monoisotopic (exact) mass is 301 g/mol. The Hall–Kier alpha value is -2.25. The fraction of sp³-hybridized carbons (Fsp3) is 0.143. The number of anilines is 1. The molecule has 0 saturated carbocycles. The van der Waals surface area contributed by atoms with Gasteiger partial charge in [0.15, 0.2) is 5.16 Å². The molecule has 0 aliphatic heterocycles. The van der Waals surface area contributed by atoms with Crippen molar-refractivity contribution in [3.05, 3.63) is 42.1 Å². The van der Waals surface area contributed by atoms with E-state index in [1.807, 2.05) is 36.4 Å². The van der Waals surface area contributed by atoms with E-state index in [2.05, 4.69) is 20.4 Å². The number of benzene rings is 1. The van der Waals surface area contributed by atoms with Crippen molar-refractivity contribution in [1.82, 2.24) is 15.0 Å². The van der Waals surface area contributed by atoms with E-state index < -0.39 is 0 Å². The van der Waals surface area contributed by atoms with Gasteiger partial charge in [0, 0.05) is 11.8 Å². The van der Waals surface area contributed by atoms with Gasteiger partial charge in [-0.15, -0.1) is 0 Å². The lowest BCUT2D eigenvalue weighted by atomic mass is 10.3. The zero-order chi connectivity index (χ0) is 14.7. The summed E-state index contributed by atoms with van der Waals surface area (Å²) in [6.45, 7) is 0. The fourth-order valence-electron chi connectivity index (χ4n) is 1.94. The van der Waals surface area contributed by atoms with Crippen LogP contribution in [0.5, 0.6) is 5.75 Å². The maximum Gasteiger partial charge on any atom is 0.166 e. The van der Waals surface area contributed by atoms with Crippen molar-refractivity contribution in [3.63, 3.8) is 0 Å². The highest BCUT2D eigenvalue weighted by molar-refractivity contribution is 7.98. The number of nitrogens with two attached hydrogens (primary N) is 1. The van der Waals surface area contributed by atoms with Gasteiger partial charge in [0.1, 0.15) is 11.6 Å². The van der Waals surface area contributed by atoms with Crippen molar-refractivity contribution in [3.8, 4) is 5.75 Å². The van der Waals surface area contributed by atoms with Gasteiger partial charge in [-0.1, -0.05) is 17.8 Å². The minimum atomic E-state index is 0.655. The topological polar surface area (TPSA) is 88.8 Å². The van der Waals surface area contributed by atoms with Gasteiger partial charge in [0.25, 0.3) is 0 Å². The number of nitrogen functional groups attached to an aromatic ring is 1. The van der Waals surface area contributed by atoms with E-state index in [-0.39, 0.29) is 0 Å². The molecular formula is C14H15N5OS. The van der Waals surface area contributed by atoms with E-state index in [0.717, 1.165) is 27.6 Å². The Morgan fingerprint density at radius 3 is 3.00 bits per heavy atom. The molecule has 2 heterocycles. The van der Waals surface area contributed by atoms with E-state index in [4.69, 9.17) is 10.6 Å². The van der Waals surface area contributed by atoms with Gasteiger partial charge in [0.05, 0.1) is 23.8 Å². The van der Waals surface area contributed by atoms with Crippen LogP contribution in [0.1, 0.15) is 5.69 Å². The number of rotatable bonds is 5. The average Bonchev–Trinajstić information content (AvgIpc) is 2.95. The molecule has 0 aliphatic rings. The van der Waals surface area contributed by atoms with Gasteiger partial charge < -0.3 is 15.1 Å². The molecule has 1 aromatic carbocycles. The molecule has 0 radical (unpaired) electrons.